The van der Waals surface area contributed by atoms with Crippen LogP contribution < -0.4 is 15.8 Å². The number of hydrogen-bond donors (Lipinski definition) is 2. The van der Waals surface area contributed by atoms with Crippen molar-refractivity contribution in [1.82, 2.24) is 14.1 Å². The molecule has 6 aromatic carbocycles. The first-order valence-corrected chi connectivity index (χ1v) is 17.2. The Hall–Kier alpha value is -6.53. The quantitative estimate of drug-likeness (QED) is 0.174. The molecule has 0 saturated heterocycles. The smallest absolute Gasteiger partial charge is 0.137 e. The number of benzene rings is 6. The first kappa shape index (κ1) is 30.5. The molecule has 9 aromatic rings. The van der Waals surface area contributed by atoms with Gasteiger partial charge in [0.25, 0.3) is 0 Å². The third-order valence-electron chi connectivity index (χ3n) is 9.71. The summed E-state index contributed by atoms with van der Waals surface area (Å²) in [7, 11) is 0. The Kier molecular flexibility index (Phi) is 7.07. The second-order valence-corrected chi connectivity index (χ2v) is 14.1. The van der Waals surface area contributed by atoms with Crippen LogP contribution in [0.4, 0.5) is 17.1 Å². The van der Waals surface area contributed by atoms with Gasteiger partial charge in [0.15, 0.2) is 0 Å². The van der Waals surface area contributed by atoms with Gasteiger partial charge in [-0.2, -0.15) is 0 Å². The van der Waals surface area contributed by atoms with Gasteiger partial charge >= 0.3 is 0 Å². The fraction of sp³-hybridized carbons (Fsp3) is 0.0889. The minimum absolute atomic E-state index is 0.0299. The lowest BCUT2D eigenvalue weighted by atomic mass is 9.88. The highest BCUT2D eigenvalue weighted by molar-refractivity contribution is 6.12. The van der Waals surface area contributed by atoms with Crippen LogP contribution in [0.1, 0.15) is 26.3 Å². The van der Waals surface area contributed by atoms with Crippen molar-refractivity contribution in [2.24, 2.45) is 0 Å². The molecule has 0 saturated carbocycles. The zero-order chi connectivity index (χ0) is 34.7. The molecular weight excluding hydrogens is 627 g/mol. The van der Waals surface area contributed by atoms with Gasteiger partial charge in [-0.1, -0.05) is 75.4 Å². The molecule has 0 unspecified atom stereocenters. The third kappa shape index (κ3) is 5.33. The van der Waals surface area contributed by atoms with Crippen molar-refractivity contribution < 1.29 is 4.74 Å². The zero-order valence-corrected chi connectivity index (χ0v) is 28.8. The first-order valence-electron chi connectivity index (χ1n) is 17.2. The highest BCUT2D eigenvalue weighted by Crippen LogP contribution is 2.39. The van der Waals surface area contributed by atoms with Crippen LogP contribution in [0.5, 0.6) is 11.5 Å². The van der Waals surface area contributed by atoms with Crippen LogP contribution in [-0.2, 0) is 5.41 Å². The van der Waals surface area contributed by atoms with E-state index in [1.54, 1.807) is 0 Å². The maximum absolute atomic E-state index is 6.53. The molecule has 3 aromatic heterocycles. The topological polar surface area (TPSA) is 70.0 Å². The zero-order valence-electron chi connectivity index (χ0n) is 28.8. The van der Waals surface area contributed by atoms with Crippen molar-refractivity contribution in [3.05, 3.63) is 157 Å². The van der Waals surface area contributed by atoms with Crippen LogP contribution in [-0.4, -0.2) is 14.1 Å². The molecule has 0 bridgehead atoms. The maximum atomic E-state index is 6.53. The van der Waals surface area contributed by atoms with Crippen LogP contribution >= 0.6 is 0 Å². The average Bonchev–Trinajstić information content (AvgIpc) is 3.64. The summed E-state index contributed by atoms with van der Waals surface area (Å²) in [6.07, 6.45) is 1.92. The van der Waals surface area contributed by atoms with E-state index < -0.39 is 0 Å². The Morgan fingerprint density at radius 1 is 0.569 bits per heavy atom. The van der Waals surface area contributed by atoms with Gasteiger partial charge in [-0.15, -0.1) is 0 Å². The van der Waals surface area contributed by atoms with E-state index in [1.807, 2.05) is 60.8 Å². The number of nitrogens with one attached hydrogen (secondary N) is 1. The fourth-order valence-electron chi connectivity index (χ4n) is 7.19. The van der Waals surface area contributed by atoms with Gasteiger partial charge in [-0.3, -0.25) is 4.57 Å². The largest absolute Gasteiger partial charge is 0.457 e. The summed E-state index contributed by atoms with van der Waals surface area (Å²) in [4.78, 5) is 4.92. The number of aromatic nitrogens is 3. The number of rotatable bonds is 6. The normalized spacial score (nSPS) is 11.9. The van der Waals surface area contributed by atoms with Gasteiger partial charge in [0.2, 0.25) is 0 Å². The molecular formula is C45H37N5O. The molecule has 0 aliphatic carbocycles. The summed E-state index contributed by atoms with van der Waals surface area (Å²) < 4.78 is 11.2. The lowest BCUT2D eigenvalue weighted by Crippen LogP contribution is -2.12. The number of hydrogen-bond acceptors (Lipinski definition) is 4. The van der Waals surface area contributed by atoms with Crippen LogP contribution in [0.2, 0.25) is 0 Å². The van der Waals surface area contributed by atoms with E-state index in [0.29, 0.717) is 5.69 Å². The number of nitrogens with zero attached hydrogens (tertiary/aromatic N) is 3. The molecule has 0 radical (unpaired) electrons. The van der Waals surface area contributed by atoms with Gasteiger partial charge < -0.3 is 20.4 Å². The standard InChI is InChI=1S/C45H37N5O/c1-45(2,3)29-23-24-47-44(25-29)50-42-22-19-31(49-40-17-8-4-13-34(40)35-14-5-9-18-41(35)49)27-37(42)36-21-20-33(28-43(36)50)51-32-12-10-11-30(26-32)48-39-16-7-6-15-38(39)46/h4-28,48H,46H2,1-3H3. The molecule has 6 heteroatoms. The van der Waals surface area contributed by atoms with Gasteiger partial charge in [-0.25, -0.2) is 4.98 Å². The number of fused-ring (bicyclic) bond motifs is 6. The number of pyridine rings is 1. The van der Waals surface area contributed by atoms with Crippen LogP contribution in [0.3, 0.4) is 0 Å². The summed E-state index contributed by atoms with van der Waals surface area (Å²) in [6.45, 7) is 6.70. The molecule has 0 spiro atoms. The number of nitrogen functional groups attached to an aromatic ring is 1. The van der Waals surface area contributed by atoms with Crippen molar-refractivity contribution in [3.63, 3.8) is 0 Å². The molecule has 0 aliphatic rings. The summed E-state index contributed by atoms with van der Waals surface area (Å²) in [5.74, 6) is 2.33. The van der Waals surface area contributed by atoms with Crippen molar-refractivity contribution in [2.75, 3.05) is 11.1 Å². The van der Waals surface area contributed by atoms with Crippen molar-refractivity contribution in [1.29, 1.82) is 0 Å². The number of anilines is 3. The van der Waals surface area contributed by atoms with Crippen LogP contribution in [0.15, 0.2) is 152 Å². The molecule has 0 fully saturated rings. The summed E-state index contributed by atoms with van der Waals surface area (Å²) in [5, 5.41) is 8.17. The summed E-state index contributed by atoms with van der Waals surface area (Å²) >= 11 is 0. The molecule has 51 heavy (non-hydrogen) atoms. The second kappa shape index (κ2) is 11.8. The Labute approximate surface area is 296 Å². The van der Waals surface area contributed by atoms with E-state index in [4.69, 9.17) is 15.5 Å². The molecule has 3 heterocycles. The SMILES string of the molecule is CC(C)(C)c1ccnc(-n2c3ccc(-n4c5ccccc5c5ccccc54)cc3c3ccc(Oc4cccc(Nc5ccccc5N)c4)cc32)c1. The minimum atomic E-state index is -0.0299. The molecule has 6 nitrogen and oxygen atoms in total. The van der Waals surface area contributed by atoms with Crippen molar-refractivity contribution in [3.8, 4) is 23.0 Å². The van der Waals surface area contributed by atoms with E-state index in [0.717, 1.165) is 56.2 Å². The average molecular weight is 664 g/mol. The number of para-hydroxylation sites is 4. The molecule has 9 rings (SSSR count). The number of nitrogens with two attached hydrogens (primary N) is 1. The summed E-state index contributed by atoms with van der Waals surface area (Å²) in [6, 6.07) is 50.3. The predicted molar refractivity (Wildman–Crippen MR) is 212 cm³/mol. The van der Waals surface area contributed by atoms with Gasteiger partial charge in [0, 0.05) is 51.2 Å². The number of ether oxygens (including phenoxy) is 1. The van der Waals surface area contributed by atoms with Crippen LogP contribution in [0.25, 0.3) is 55.1 Å². The highest BCUT2D eigenvalue weighted by atomic mass is 16.5. The Morgan fingerprint density at radius 2 is 1.25 bits per heavy atom. The lowest BCUT2D eigenvalue weighted by Gasteiger charge is -2.20. The molecule has 0 aliphatic heterocycles. The monoisotopic (exact) mass is 663 g/mol. The van der Waals surface area contributed by atoms with E-state index in [2.05, 4.69) is 126 Å². The Morgan fingerprint density at radius 3 is 2.02 bits per heavy atom. The van der Waals surface area contributed by atoms with Gasteiger partial charge in [-0.05, 0) is 89.8 Å². The highest BCUT2D eigenvalue weighted by Gasteiger charge is 2.20. The van der Waals surface area contributed by atoms with E-state index in [1.165, 1.54) is 27.4 Å². The molecule has 0 atom stereocenters. The van der Waals surface area contributed by atoms with Crippen LogP contribution in [0, 0.1) is 0 Å². The van der Waals surface area contributed by atoms with Crippen molar-refractivity contribution in [2.45, 2.75) is 26.2 Å². The van der Waals surface area contributed by atoms with Gasteiger partial charge in [0.05, 0.1) is 33.4 Å². The molecule has 3 N–H and O–H groups in total. The summed E-state index contributed by atoms with van der Waals surface area (Å²) in [5.41, 5.74) is 15.4. The van der Waals surface area contributed by atoms with Gasteiger partial charge in [0.1, 0.15) is 17.3 Å². The fourth-order valence-corrected chi connectivity index (χ4v) is 7.19. The Bertz CT molecular complexity index is 2710. The molecule has 0 amide bonds. The lowest BCUT2D eigenvalue weighted by molar-refractivity contribution is 0.483. The Balaban J connectivity index is 1.20. The third-order valence-corrected chi connectivity index (χ3v) is 9.71. The second-order valence-electron chi connectivity index (χ2n) is 14.1. The first-order chi connectivity index (χ1) is 24.8. The van der Waals surface area contributed by atoms with E-state index in [9.17, 15) is 0 Å². The van der Waals surface area contributed by atoms with E-state index >= 15 is 0 Å². The predicted octanol–water partition coefficient (Wildman–Crippen LogP) is 11.7. The minimum Gasteiger partial charge on any atom is -0.457 e. The van der Waals surface area contributed by atoms with E-state index in [-0.39, 0.29) is 5.41 Å². The molecule has 248 valence electrons. The maximum Gasteiger partial charge on any atom is 0.137 e. The van der Waals surface area contributed by atoms with Crippen molar-refractivity contribution >= 4 is 60.7 Å².